The van der Waals surface area contributed by atoms with Crippen LogP contribution in [-0.2, 0) is 4.79 Å². The molecular formula is C8H5F2NO5. The van der Waals surface area contributed by atoms with Crippen LogP contribution in [0, 0.1) is 21.7 Å². The maximum absolute atomic E-state index is 13.0. The molecule has 0 amide bonds. The first-order chi connectivity index (χ1) is 7.34. The van der Waals surface area contributed by atoms with Gasteiger partial charge in [-0.1, -0.05) is 0 Å². The topological polar surface area (TPSA) is 101 Å². The first-order valence-corrected chi connectivity index (χ1v) is 3.88. The van der Waals surface area contributed by atoms with E-state index < -0.39 is 39.9 Å². The Morgan fingerprint density at radius 2 is 2.00 bits per heavy atom. The van der Waals surface area contributed by atoms with Crippen molar-refractivity contribution in [3.05, 3.63) is 39.4 Å². The van der Waals surface area contributed by atoms with Gasteiger partial charge >= 0.3 is 11.7 Å². The number of nitro benzene ring substituents is 1. The van der Waals surface area contributed by atoms with Crippen molar-refractivity contribution < 1.29 is 28.7 Å². The third-order valence-corrected chi connectivity index (χ3v) is 1.77. The summed E-state index contributed by atoms with van der Waals surface area (Å²) in [4.78, 5) is 19.6. The van der Waals surface area contributed by atoms with E-state index in [2.05, 4.69) is 0 Å². The standard InChI is InChI=1S/C8H5F2NO5/c9-3-1-4(7(12)8(13)14)6(11(15)16)5(10)2-3/h1-2,7,12H,(H,13,14). The van der Waals surface area contributed by atoms with Gasteiger partial charge in [-0.3, -0.25) is 10.1 Å². The minimum atomic E-state index is -2.36. The zero-order valence-electron chi connectivity index (χ0n) is 7.55. The second kappa shape index (κ2) is 4.19. The fourth-order valence-corrected chi connectivity index (χ4v) is 1.12. The molecule has 2 N–H and O–H groups in total. The van der Waals surface area contributed by atoms with Crippen molar-refractivity contribution in [3.8, 4) is 0 Å². The van der Waals surface area contributed by atoms with E-state index in [-0.39, 0.29) is 6.07 Å². The van der Waals surface area contributed by atoms with Crippen molar-refractivity contribution >= 4 is 11.7 Å². The number of benzene rings is 1. The normalized spacial score (nSPS) is 12.2. The Morgan fingerprint density at radius 3 is 2.44 bits per heavy atom. The predicted octanol–water partition coefficient (Wildman–Crippen LogP) is 0.991. The molecule has 0 spiro atoms. The average molecular weight is 233 g/mol. The Bertz CT molecular complexity index is 462. The van der Waals surface area contributed by atoms with Crippen molar-refractivity contribution in [2.75, 3.05) is 0 Å². The summed E-state index contributed by atoms with van der Waals surface area (Å²) in [5.74, 6) is -4.59. The first-order valence-electron chi connectivity index (χ1n) is 3.88. The molecule has 1 rings (SSSR count). The molecule has 0 saturated carbocycles. The van der Waals surface area contributed by atoms with Crippen LogP contribution in [0.4, 0.5) is 14.5 Å². The number of hydrogen-bond acceptors (Lipinski definition) is 4. The van der Waals surface area contributed by atoms with E-state index in [9.17, 15) is 23.7 Å². The summed E-state index contributed by atoms with van der Waals surface area (Å²) >= 11 is 0. The highest BCUT2D eigenvalue weighted by atomic mass is 19.1. The summed E-state index contributed by atoms with van der Waals surface area (Å²) in [6.45, 7) is 0. The van der Waals surface area contributed by atoms with Gasteiger partial charge in [0.15, 0.2) is 6.10 Å². The van der Waals surface area contributed by atoms with Gasteiger partial charge in [-0.25, -0.2) is 9.18 Å². The lowest BCUT2D eigenvalue weighted by Gasteiger charge is -2.07. The smallest absolute Gasteiger partial charge is 0.337 e. The number of carboxylic acids is 1. The summed E-state index contributed by atoms with van der Waals surface area (Å²) in [6.07, 6.45) is -2.36. The lowest BCUT2D eigenvalue weighted by molar-refractivity contribution is -0.388. The summed E-state index contributed by atoms with van der Waals surface area (Å²) in [7, 11) is 0. The number of nitro groups is 1. The Kier molecular flexibility index (Phi) is 3.14. The predicted molar refractivity (Wildman–Crippen MR) is 45.6 cm³/mol. The van der Waals surface area contributed by atoms with Crippen molar-refractivity contribution in [1.29, 1.82) is 0 Å². The van der Waals surface area contributed by atoms with E-state index >= 15 is 0 Å². The fraction of sp³-hybridized carbons (Fsp3) is 0.125. The van der Waals surface area contributed by atoms with Crippen LogP contribution in [0.15, 0.2) is 12.1 Å². The largest absolute Gasteiger partial charge is 0.479 e. The number of aliphatic hydroxyl groups excluding tert-OH is 1. The van der Waals surface area contributed by atoms with Crippen LogP contribution in [0.3, 0.4) is 0 Å². The third kappa shape index (κ3) is 2.11. The van der Waals surface area contributed by atoms with E-state index in [0.717, 1.165) is 0 Å². The zero-order chi connectivity index (χ0) is 12.5. The molecule has 0 bridgehead atoms. The number of carbonyl (C=O) groups is 1. The van der Waals surface area contributed by atoms with E-state index in [4.69, 9.17) is 10.2 Å². The van der Waals surface area contributed by atoms with Gasteiger partial charge in [0, 0.05) is 6.07 Å². The van der Waals surface area contributed by atoms with Gasteiger partial charge in [0.05, 0.1) is 10.5 Å². The van der Waals surface area contributed by atoms with E-state index in [1.54, 1.807) is 0 Å². The third-order valence-electron chi connectivity index (χ3n) is 1.77. The van der Waals surface area contributed by atoms with E-state index in [1.807, 2.05) is 0 Å². The van der Waals surface area contributed by atoms with Gasteiger partial charge in [-0.2, -0.15) is 4.39 Å². The van der Waals surface area contributed by atoms with Crippen molar-refractivity contribution in [2.24, 2.45) is 0 Å². The van der Waals surface area contributed by atoms with Crippen LogP contribution in [0.1, 0.15) is 11.7 Å². The number of aliphatic hydroxyl groups is 1. The lowest BCUT2D eigenvalue weighted by atomic mass is 10.1. The van der Waals surface area contributed by atoms with Gasteiger partial charge in [0.1, 0.15) is 5.82 Å². The summed E-state index contributed by atoms with van der Waals surface area (Å²) in [5, 5.41) is 27.9. The van der Waals surface area contributed by atoms with Crippen molar-refractivity contribution in [2.45, 2.75) is 6.10 Å². The van der Waals surface area contributed by atoms with Crippen LogP contribution in [0.5, 0.6) is 0 Å². The SMILES string of the molecule is O=C(O)C(O)c1cc(F)cc(F)c1[N+](=O)[O-]. The molecule has 0 radical (unpaired) electrons. The molecule has 16 heavy (non-hydrogen) atoms. The van der Waals surface area contributed by atoms with Crippen molar-refractivity contribution in [3.63, 3.8) is 0 Å². The highest BCUT2D eigenvalue weighted by molar-refractivity contribution is 5.75. The number of carboxylic acid groups (broad SMARTS) is 1. The van der Waals surface area contributed by atoms with E-state index in [1.165, 1.54) is 0 Å². The second-order valence-electron chi connectivity index (χ2n) is 2.82. The molecule has 0 aliphatic carbocycles. The lowest BCUT2D eigenvalue weighted by Crippen LogP contribution is -2.13. The summed E-state index contributed by atoms with van der Waals surface area (Å²) in [5.41, 5.74) is -2.19. The number of aliphatic carboxylic acids is 1. The summed E-state index contributed by atoms with van der Waals surface area (Å²) in [6, 6.07) is 0.635. The molecule has 1 unspecified atom stereocenters. The fourth-order valence-electron chi connectivity index (χ4n) is 1.12. The van der Waals surface area contributed by atoms with Crippen molar-refractivity contribution in [1.82, 2.24) is 0 Å². The number of halogens is 2. The quantitative estimate of drug-likeness (QED) is 0.598. The molecular weight excluding hydrogens is 228 g/mol. The molecule has 0 saturated heterocycles. The Hall–Kier alpha value is -2.09. The second-order valence-corrected chi connectivity index (χ2v) is 2.82. The molecule has 0 aliphatic rings. The Balaban J connectivity index is 3.46. The molecule has 1 aromatic rings. The zero-order valence-corrected chi connectivity index (χ0v) is 7.55. The van der Waals surface area contributed by atoms with Crippen LogP contribution in [0.25, 0.3) is 0 Å². The average Bonchev–Trinajstić information content (AvgIpc) is 2.14. The number of rotatable bonds is 3. The van der Waals surface area contributed by atoms with Crippen LogP contribution in [-0.4, -0.2) is 21.1 Å². The minimum absolute atomic E-state index is 0.232. The van der Waals surface area contributed by atoms with Gasteiger partial charge in [-0.05, 0) is 6.07 Å². The molecule has 6 nitrogen and oxygen atoms in total. The van der Waals surface area contributed by atoms with Crippen LogP contribution in [0.2, 0.25) is 0 Å². The number of hydrogen-bond donors (Lipinski definition) is 2. The molecule has 1 aromatic carbocycles. The summed E-state index contributed by atoms with van der Waals surface area (Å²) < 4.78 is 25.7. The molecule has 0 fully saturated rings. The molecule has 0 aliphatic heterocycles. The highest BCUT2D eigenvalue weighted by Crippen LogP contribution is 2.29. The maximum Gasteiger partial charge on any atom is 0.337 e. The van der Waals surface area contributed by atoms with Crippen LogP contribution < -0.4 is 0 Å². The van der Waals surface area contributed by atoms with E-state index in [0.29, 0.717) is 6.07 Å². The minimum Gasteiger partial charge on any atom is -0.479 e. The molecule has 0 aromatic heterocycles. The Labute approximate surface area is 86.9 Å². The van der Waals surface area contributed by atoms with Gasteiger partial charge in [0.25, 0.3) is 0 Å². The molecule has 0 heterocycles. The molecule has 1 atom stereocenters. The maximum atomic E-state index is 13.0. The van der Waals surface area contributed by atoms with Gasteiger partial charge in [-0.15, -0.1) is 0 Å². The molecule has 8 heteroatoms. The Morgan fingerprint density at radius 1 is 1.44 bits per heavy atom. The first kappa shape index (κ1) is 12.0. The highest BCUT2D eigenvalue weighted by Gasteiger charge is 2.30. The molecule has 86 valence electrons. The van der Waals surface area contributed by atoms with Gasteiger partial charge < -0.3 is 10.2 Å². The van der Waals surface area contributed by atoms with Crippen LogP contribution >= 0.6 is 0 Å². The monoisotopic (exact) mass is 233 g/mol. The number of nitrogens with zero attached hydrogens (tertiary/aromatic N) is 1. The van der Waals surface area contributed by atoms with Gasteiger partial charge in [0.2, 0.25) is 5.82 Å².